The van der Waals surface area contributed by atoms with Gasteiger partial charge >= 0.3 is 0 Å². The molecule has 2 aliphatic rings. The predicted molar refractivity (Wildman–Crippen MR) is 97.3 cm³/mol. The molecule has 0 aromatic carbocycles. The summed E-state index contributed by atoms with van der Waals surface area (Å²) >= 11 is 0. The van der Waals surface area contributed by atoms with Gasteiger partial charge in [0.05, 0.1) is 0 Å². The standard InChI is InChI=1S/C20H29N3O2/c1-2-15-14-21-11-8-18(15)19(24)22-17-9-12-23(13-10-17)20(25)16-6-4-3-5-7-16/h8,11,14,16-17H,2-7,9-10,12-13H2,1H3,(H,22,24). The Bertz CT molecular complexity index is 603. The third kappa shape index (κ3) is 4.39. The molecule has 2 heterocycles. The van der Waals surface area contributed by atoms with Gasteiger partial charge in [0.15, 0.2) is 0 Å². The fraction of sp³-hybridized carbons (Fsp3) is 0.650. The Labute approximate surface area is 150 Å². The molecule has 2 amide bonds. The number of piperidine rings is 1. The Morgan fingerprint density at radius 1 is 1.16 bits per heavy atom. The summed E-state index contributed by atoms with van der Waals surface area (Å²) in [4.78, 5) is 31.3. The number of pyridine rings is 1. The van der Waals surface area contributed by atoms with Gasteiger partial charge in [0.2, 0.25) is 5.91 Å². The molecule has 136 valence electrons. The van der Waals surface area contributed by atoms with Crippen LogP contribution >= 0.6 is 0 Å². The zero-order chi connectivity index (χ0) is 17.6. The lowest BCUT2D eigenvalue weighted by Gasteiger charge is -2.35. The van der Waals surface area contributed by atoms with Gasteiger partial charge in [0.25, 0.3) is 5.91 Å². The van der Waals surface area contributed by atoms with Crippen LogP contribution in [0.2, 0.25) is 0 Å². The van der Waals surface area contributed by atoms with Crippen LogP contribution in [-0.4, -0.2) is 40.8 Å². The van der Waals surface area contributed by atoms with Crippen molar-refractivity contribution in [3.63, 3.8) is 0 Å². The summed E-state index contributed by atoms with van der Waals surface area (Å²) < 4.78 is 0. The van der Waals surface area contributed by atoms with Crippen molar-refractivity contribution in [2.24, 2.45) is 5.92 Å². The van der Waals surface area contributed by atoms with Crippen molar-refractivity contribution in [1.29, 1.82) is 0 Å². The Morgan fingerprint density at radius 3 is 2.56 bits per heavy atom. The highest BCUT2D eigenvalue weighted by Gasteiger charge is 2.29. The molecular formula is C20H29N3O2. The van der Waals surface area contributed by atoms with Crippen molar-refractivity contribution in [3.05, 3.63) is 29.6 Å². The second-order valence-corrected chi connectivity index (χ2v) is 7.29. The zero-order valence-electron chi connectivity index (χ0n) is 15.2. The van der Waals surface area contributed by atoms with Crippen LogP contribution in [0.1, 0.15) is 67.8 Å². The van der Waals surface area contributed by atoms with E-state index in [-0.39, 0.29) is 17.9 Å². The molecule has 25 heavy (non-hydrogen) atoms. The highest BCUT2D eigenvalue weighted by Crippen LogP contribution is 2.26. The molecule has 1 aromatic heterocycles. The Kier molecular flexibility index (Phi) is 6.05. The van der Waals surface area contributed by atoms with Gasteiger partial charge in [-0.15, -0.1) is 0 Å². The summed E-state index contributed by atoms with van der Waals surface area (Å²) in [7, 11) is 0. The van der Waals surface area contributed by atoms with Crippen LogP contribution in [0.5, 0.6) is 0 Å². The van der Waals surface area contributed by atoms with E-state index in [4.69, 9.17) is 0 Å². The van der Waals surface area contributed by atoms with Crippen molar-refractivity contribution in [3.8, 4) is 0 Å². The van der Waals surface area contributed by atoms with E-state index in [1.165, 1.54) is 19.3 Å². The van der Waals surface area contributed by atoms with Gasteiger partial charge in [0.1, 0.15) is 0 Å². The van der Waals surface area contributed by atoms with Crippen LogP contribution in [0.15, 0.2) is 18.5 Å². The minimum Gasteiger partial charge on any atom is -0.349 e. The average molecular weight is 343 g/mol. The number of rotatable bonds is 4. The molecule has 3 rings (SSSR count). The molecule has 1 aliphatic carbocycles. The fourth-order valence-corrected chi connectivity index (χ4v) is 4.05. The van der Waals surface area contributed by atoms with Gasteiger partial charge in [0, 0.05) is 43.0 Å². The van der Waals surface area contributed by atoms with E-state index in [0.29, 0.717) is 5.91 Å². The van der Waals surface area contributed by atoms with E-state index in [2.05, 4.69) is 10.3 Å². The Morgan fingerprint density at radius 2 is 1.88 bits per heavy atom. The van der Waals surface area contributed by atoms with Crippen molar-refractivity contribution in [2.45, 2.75) is 64.3 Å². The number of nitrogens with one attached hydrogen (secondary N) is 1. The molecule has 0 atom stereocenters. The van der Waals surface area contributed by atoms with Crippen LogP contribution in [0.25, 0.3) is 0 Å². The lowest BCUT2D eigenvalue weighted by molar-refractivity contribution is -0.137. The number of nitrogens with zero attached hydrogens (tertiary/aromatic N) is 2. The van der Waals surface area contributed by atoms with E-state index in [1.807, 2.05) is 11.8 Å². The number of likely N-dealkylation sites (tertiary alicyclic amines) is 1. The minimum absolute atomic E-state index is 0.0173. The summed E-state index contributed by atoms with van der Waals surface area (Å²) in [6.45, 7) is 3.55. The van der Waals surface area contributed by atoms with Crippen molar-refractivity contribution < 1.29 is 9.59 Å². The maximum absolute atomic E-state index is 12.6. The van der Waals surface area contributed by atoms with Crippen LogP contribution in [0.3, 0.4) is 0 Å². The van der Waals surface area contributed by atoms with Gasteiger partial charge in [-0.3, -0.25) is 14.6 Å². The number of hydrogen-bond acceptors (Lipinski definition) is 3. The van der Waals surface area contributed by atoms with Crippen LogP contribution in [-0.2, 0) is 11.2 Å². The first-order valence-electron chi connectivity index (χ1n) is 9.71. The smallest absolute Gasteiger partial charge is 0.251 e. The third-order valence-corrected chi connectivity index (χ3v) is 5.63. The highest BCUT2D eigenvalue weighted by molar-refractivity contribution is 5.95. The molecule has 2 fully saturated rings. The normalized spacial score (nSPS) is 19.6. The van der Waals surface area contributed by atoms with E-state index < -0.39 is 0 Å². The van der Waals surface area contributed by atoms with E-state index in [1.54, 1.807) is 18.5 Å². The molecule has 1 N–H and O–H groups in total. The van der Waals surface area contributed by atoms with Gasteiger partial charge in [-0.25, -0.2) is 0 Å². The first-order valence-corrected chi connectivity index (χ1v) is 9.71. The SMILES string of the molecule is CCc1cnccc1C(=O)NC1CCN(C(=O)C2CCCCC2)CC1. The molecule has 1 aromatic rings. The molecule has 1 aliphatic heterocycles. The first kappa shape index (κ1) is 17.9. The summed E-state index contributed by atoms with van der Waals surface area (Å²) in [5, 5.41) is 3.14. The number of aromatic nitrogens is 1. The predicted octanol–water partition coefficient (Wildman–Crippen LogP) is 2.95. The number of carbonyl (C=O) groups is 2. The summed E-state index contributed by atoms with van der Waals surface area (Å²) in [5.74, 6) is 0.562. The number of hydrogen-bond donors (Lipinski definition) is 1. The molecule has 1 saturated carbocycles. The molecule has 1 saturated heterocycles. The number of carbonyl (C=O) groups excluding carboxylic acids is 2. The Hall–Kier alpha value is -1.91. The van der Waals surface area contributed by atoms with Crippen LogP contribution in [0.4, 0.5) is 0 Å². The summed E-state index contributed by atoms with van der Waals surface area (Å²) in [5.41, 5.74) is 1.70. The molecule has 5 nitrogen and oxygen atoms in total. The lowest BCUT2D eigenvalue weighted by Crippen LogP contribution is -2.48. The summed E-state index contributed by atoms with van der Waals surface area (Å²) in [6, 6.07) is 1.94. The van der Waals surface area contributed by atoms with Crippen LogP contribution in [0, 0.1) is 5.92 Å². The second-order valence-electron chi connectivity index (χ2n) is 7.29. The highest BCUT2D eigenvalue weighted by atomic mass is 16.2. The van der Waals surface area contributed by atoms with E-state index >= 15 is 0 Å². The van der Waals surface area contributed by atoms with E-state index in [9.17, 15) is 9.59 Å². The van der Waals surface area contributed by atoms with Crippen molar-refractivity contribution in [1.82, 2.24) is 15.2 Å². The summed E-state index contributed by atoms with van der Waals surface area (Å²) in [6.07, 6.45) is 11.7. The average Bonchev–Trinajstić information content (AvgIpc) is 2.68. The van der Waals surface area contributed by atoms with Gasteiger partial charge in [-0.05, 0) is 43.7 Å². The largest absolute Gasteiger partial charge is 0.349 e. The third-order valence-electron chi connectivity index (χ3n) is 5.63. The molecule has 0 bridgehead atoms. The van der Waals surface area contributed by atoms with Crippen molar-refractivity contribution in [2.75, 3.05) is 13.1 Å². The topological polar surface area (TPSA) is 62.3 Å². The zero-order valence-corrected chi connectivity index (χ0v) is 15.2. The first-order chi connectivity index (χ1) is 12.2. The molecule has 0 unspecified atom stereocenters. The minimum atomic E-state index is -0.0173. The van der Waals surface area contributed by atoms with Crippen molar-refractivity contribution >= 4 is 11.8 Å². The van der Waals surface area contributed by atoms with Crippen LogP contribution < -0.4 is 5.32 Å². The molecular weight excluding hydrogens is 314 g/mol. The maximum Gasteiger partial charge on any atom is 0.251 e. The second kappa shape index (κ2) is 8.45. The monoisotopic (exact) mass is 343 g/mol. The van der Waals surface area contributed by atoms with Gasteiger partial charge in [-0.1, -0.05) is 26.2 Å². The fourth-order valence-electron chi connectivity index (χ4n) is 4.05. The molecule has 5 heteroatoms. The van der Waals surface area contributed by atoms with Gasteiger partial charge in [-0.2, -0.15) is 0 Å². The van der Waals surface area contributed by atoms with Gasteiger partial charge < -0.3 is 10.2 Å². The molecule has 0 radical (unpaired) electrons. The number of amides is 2. The van der Waals surface area contributed by atoms with E-state index in [0.717, 1.165) is 56.3 Å². The quantitative estimate of drug-likeness (QED) is 0.914. The number of aryl methyl sites for hydroxylation is 1. The maximum atomic E-state index is 12.6. The molecule has 0 spiro atoms. The Balaban J connectivity index is 1.50. The lowest BCUT2D eigenvalue weighted by atomic mass is 9.87.